The number of carboxylic acid groups (broad SMARTS) is 1. The number of halogens is 1. The van der Waals surface area contributed by atoms with Gasteiger partial charge in [0, 0.05) is 23.0 Å². The van der Waals surface area contributed by atoms with Crippen molar-refractivity contribution < 1.29 is 19.4 Å². The van der Waals surface area contributed by atoms with Gasteiger partial charge in [-0.3, -0.25) is 9.59 Å². The topological polar surface area (TPSA) is 66.8 Å². The van der Waals surface area contributed by atoms with Crippen molar-refractivity contribution in [1.82, 2.24) is 4.90 Å². The number of hydrogen-bond donors (Lipinski definition) is 1. The van der Waals surface area contributed by atoms with Crippen molar-refractivity contribution in [1.29, 1.82) is 0 Å². The third-order valence-electron chi connectivity index (χ3n) is 2.73. The molecule has 21 heavy (non-hydrogen) atoms. The number of thioether (sulfide) groups is 1. The maximum absolute atomic E-state index is 12.1. The van der Waals surface area contributed by atoms with Crippen molar-refractivity contribution >= 4 is 39.6 Å². The van der Waals surface area contributed by atoms with Crippen LogP contribution in [0.4, 0.5) is 0 Å². The second-order valence-electron chi connectivity index (χ2n) is 4.40. The Balaban J connectivity index is 2.61. The van der Waals surface area contributed by atoms with Gasteiger partial charge in [0.25, 0.3) is 0 Å². The summed E-state index contributed by atoms with van der Waals surface area (Å²) in [5, 5.41) is 8.85. The Bertz CT molecular complexity index is 510. The number of carbonyl (C=O) groups excluding carboxylic acids is 1. The summed E-state index contributed by atoms with van der Waals surface area (Å²) in [6.45, 7) is 2.27. The molecule has 1 amide bonds. The van der Waals surface area contributed by atoms with Gasteiger partial charge in [0.1, 0.15) is 6.54 Å². The first kappa shape index (κ1) is 18.0. The summed E-state index contributed by atoms with van der Waals surface area (Å²) in [4.78, 5) is 25.2. The molecular formula is C14H18BrNO4S. The molecule has 0 aromatic heterocycles. The van der Waals surface area contributed by atoms with Crippen LogP contribution in [-0.4, -0.2) is 54.4 Å². The molecule has 116 valence electrons. The minimum Gasteiger partial charge on any atom is -0.480 e. The number of rotatable bonds is 8. The van der Waals surface area contributed by atoms with Gasteiger partial charge in [-0.2, -0.15) is 0 Å². The summed E-state index contributed by atoms with van der Waals surface area (Å²) in [5.41, 5.74) is 1.07. The van der Waals surface area contributed by atoms with Gasteiger partial charge in [-0.25, -0.2) is 0 Å². The molecule has 0 radical (unpaired) electrons. The lowest BCUT2D eigenvalue weighted by atomic mass is 10.2. The van der Waals surface area contributed by atoms with Gasteiger partial charge < -0.3 is 14.7 Å². The molecule has 0 saturated carbocycles. The van der Waals surface area contributed by atoms with Crippen LogP contribution in [0.25, 0.3) is 0 Å². The SMILES string of the molecule is COCCN(CC(=O)O)C(=O)CSc1ccc(Br)cc1C. The van der Waals surface area contributed by atoms with Gasteiger partial charge in [-0.05, 0) is 30.7 Å². The zero-order valence-corrected chi connectivity index (χ0v) is 14.4. The molecule has 0 heterocycles. The Labute approximate surface area is 136 Å². The van der Waals surface area contributed by atoms with Crippen LogP contribution in [-0.2, 0) is 14.3 Å². The Kier molecular flexibility index (Phi) is 7.77. The number of nitrogens with zero attached hydrogens (tertiary/aromatic N) is 1. The highest BCUT2D eigenvalue weighted by Gasteiger charge is 2.17. The molecular weight excluding hydrogens is 358 g/mol. The van der Waals surface area contributed by atoms with Crippen LogP contribution in [0.2, 0.25) is 0 Å². The van der Waals surface area contributed by atoms with Crippen LogP contribution >= 0.6 is 27.7 Å². The summed E-state index contributed by atoms with van der Waals surface area (Å²) >= 11 is 4.80. The lowest BCUT2D eigenvalue weighted by Gasteiger charge is -2.20. The van der Waals surface area contributed by atoms with Crippen LogP contribution < -0.4 is 0 Å². The summed E-state index contributed by atoms with van der Waals surface area (Å²) < 4.78 is 5.89. The zero-order valence-electron chi connectivity index (χ0n) is 12.0. The third-order valence-corrected chi connectivity index (χ3v) is 4.39. The van der Waals surface area contributed by atoms with Crippen LogP contribution in [0.1, 0.15) is 5.56 Å². The van der Waals surface area contributed by atoms with Gasteiger partial charge in [0.2, 0.25) is 5.91 Å². The van der Waals surface area contributed by atoms with E-state index in [-0.39, 0.29) is 24.7 Å². The van der Waals surface area contributed by atoms with E-state index in [2.05, 4.69) is 15.9 Å². The predicted molar refractivity (Wildman–Crippen MR) is 85.7 cm³/mol. The fourth-order valence-corrected chi connectivity index (χ4v) is 3.05. The molecule has 7 heteroatoms. The second kappa shape index (κ2) is 9.07. The molecule has 0 fully saturated rings. The van der Waals surface area contributed by atoms with E-state index in [9.17, 15) is 9.59 Å². The molecule has 0 aliphatic rings. The first-order valence-corrected chi connectivity index (χ1v) is 8.09. The highest BCUT2D eigenvalue weighted by molar-refractivity contribution is 9.10. The van der Waals surface area contributed by atoms with E-state index < -0.39 is 5.97 Å². The first-order chi connectivity index (χ1) is 9.93. The molecule has 1 N–H and O–H groups in total. The van der Waals surface area contributed by atoms with E-state index in [4.69, 9.17) is 9.84 Å². The van der Waals surface area contributed by atoms with Gasteiger partial charge in [-0.1, -0.05) is 15.9 Å². The lowest BCUT2D eigenvalue weighted by molar-refractivity contribution is -0.143. The van der Waals surface area contributed by atoms with Crippen molar-refractivity contribution in [2.24, 2.45) is 0 Å². The van der Waals surface area contributed by atoms with E-state index in [0.717, 1.165) is 14.9 Å². The van der Waals surface area contributed by atoms with Crippen molar-refractivity contribution in [3.63, 3.8) is 0 Å². The molecule has 0 aliphatic heterocycles. The van der Waals surface area contributed by atoms with Crippen molar-refractivity contribution in [2.45, 2.75) is 11.8 Å². The minimum absolute atomic E-state index is 0.207. The van der Waals surface area contributed by atoms with Crippen molar-refractivity contribution in [2.75, 3.05) is 32.6 Å². The number of carbonyl (C=O) groups is 2. The van der Waals surface area contributed by atoms with Crippen molar-refractivity contribution in [3.05, 3.63) is 28.2 Å². The highest BCUT2D eigenvalue weighted by atomic mass is 79.9. The number of benzene rings is 1. The Morgan fingerprint density at radius 3 is 2.71 bits per heavy atom. The summed E-state index contributed by atoms with van der Waals surface area (Å²) in [6, 6.07) is 5.83. The van der Waals surface area contributed by atoms with E-state index in [1.54, 1.807) is 0 Å². The Morgan fingerprint density at radius 2 is 2.14 bits per heavy atom. The largest absolute Gasteiger partial charge is 0.480 e. The lowest BCUT2D eigenvalue weighted by Crippen LogP contribution is -2.39. The van der Waals surface area contributed by atoms with E-state index in [0.29, 0.717) is 6.61 Å². The summed E-state index contributed by atoms with van der Waals surface area (Å²) in [5.74, 6) is -1.02. The van der Waals surface area contributed by atoms with E-state index in [1.165, 1.54) is 23.8 Å². The van der Waals surface area contributed by atoms with Crippen LogP contribution in [0, 0.1) is 6.92 Å². The zero-order chi connectivity index (χ0) is 15.8. The van der Waals surface area contributed by atoms with Gasteiger partial charge in [0.15, 0.2) is 0 Å². The quantitative estimate of drug-likeness (QED) is 0.706. The number of hydrogen-bond acceptors (Lipinski definition) is 4. The summed E-state index contributed by atoms with van der Waals surface area (Å²) in [6.07, 6.45) is 0. The Hall–Kier alpha value is -1.05. The molecule has 0 unspecified atom stereocenters. The number of aryl methyl sites for hydroxylation is 1. The molecule has 0 atom stereocenters. The molecule has 0 spiro atoms. The molecule has 5 nitrogen and oxygen atoms in total. The maximum Gasteiger partial charge on any atom is 0.323 e. The van der Waals surface area contributed by atoms with Gasteiger partial charge in [-0.15, -0.1) is 11.8 Å². The van der Waals surface area contributed by atoms with Crippen LogP contribution in [0.15, 0.2) is 27.6 Å². The second-order valence-corrected chi connectivity index (χ2v) is 6.33. The van der Waals surface area contributed by atoms with E-state index in [1.807, 2.05) is 25.1 Å². The average Bonchev–Trinajstić information content (AvgIpc) is 2.41. The molecule has 1 rings (SSSR count). The van der Waals surface area contributed by atoms with Gasteiger partial charge >= 0.3 is 5.97 Å². The third kappa shape index (κ3) is 6.50. The van der Waals surface area contributed by atoms with E-state index >= 15 is 0 Å². The normalized spacial score (nSPS) is 10.4. The number of carboxylic acids is 1. The Morgan fingerprint density at radius 1 is 1.43 bits per heavy atom. The average molecular weight is 376 g/mol. The number of aliphatic carboxylic acids is 1. The van der Waals surface area contributed by atoms with Crippen LogP contribution in [0.5, 0.6) is 0 Å². The monoisotopic (exact) mass is 375 g/mol. The van der Waals surface area contributed by atoms with Crippen molar-refractivity contribution in [3.8, 4) is 0 Å². The minimum atomic E-state index is -1.02. The molecule has 0 saturated heterocycles. The standard InChI is InChI=1S/C14H18BrNO4S/c1-10-7-11(15)3-4-12(10)21-9-13(17)16(5-6-20-2)8-14(18)19/h3-4,7H,5-6,8-9H2,1-2H3,(H,18,19). The van der Waals surface area contributed by atoms with Crippen LogP contribution in [0.3, 0.4) is 0 Å². The molecule has 0 aliphatic carbocycles. The summed E-state index contributed by atoms with van der Waals surface area (Å²) in [7, 11) is 1.52. The molecule has 0 bridgehead atoms. The number of ether oxygens (including phenoxy) is 1. The molecule has 1 aromatic rings. The predicted octanol–water partition coefficient (Wildman–Crippen LogP) is 2.41. The number of methoxy groups -OCH3 is 1. The van der Waals surface area contributed by atoms with Gasteiger partial charge in [0.05, 0.1) is 12.4 Å². The first-order valence-electron chi connectivity index (χ1n) is 6.31. The fraction of sp³-hybridized carbons (Fsp3) is 0.429. The maximum atomic E-state index is 12.1. The number of amides is 1. The molecule has 1 aromatic carbocycles. The smallest absolute Gasteiger partial charge is 0.323 e. The highest BCUT2D eigenvalue weighted by Crippen LogP contribution is 2.25. The fourth-order valence-electron chi connectivity index (χ4n) is 1.66.